The molecule has 0 saturated carbocycles. The van der Waals surface area contributed by atoms with Crippen LogP contribution >= 0.6 is 0 Å². The molecule has 2 aromatic heterocycles. The predicted octanol–water partition coefficient (Wildman–Crippen LogP) is 2.83. The molecular formula is C24H33N5O2. The molecule has 0 bridgehead atoms. The number of H-pyrrole nitrogens is 1. The number of nitrogens with zero attached hydrogens (tertiary/aromatic N) is 2. The number of anilines is 1. The number of carbonyl (C=O) groups is 1. The first-order valence-electron chi connectivity index (χ1n) is 10.9. The molecule has 2 atom stereocenters. The van der Waals surface area contributed by atoms with Gasteiger partial charge in [0.05, 0.1) is 6.61 Å². The van der Waals surface area contributed by atoms with E-state index in [2.05, 4.69) is 27.1 Å². The van der Waals surface area contributed by atoms with E-state index < -0.39 is 0 Å². The third-order valence-corrected chi connectivity index (χ3v) is 5.67. The zero-order valence-corrected chi connectivity index (χ0v) is 18.3. The zero-order chi connectivity index (χ0) is 22.2. The van der Waals surface area contributed by atoms with Crippen molar-refractivity contribution in [1.29, 1.82) is 0 Å². The molecule has 2 heterocycles. The second-order valence-electron chi connectivity index (χ2n) is 8.29. The molecule has 1 aromatic carbocycles. The number of carbonyl (C=O) groups excluding carboxylic acids is 1. The fraction of sp³-hybridized carbons (Fsp3) is 0.417. The summed E-state index contributed by atoms with van der Waals surface area (Å²) in [6.45, 7) is 6.62. The summed E-state index contributed by atoms with van der Waals surface area (Å²) in [6.07, 6.45) is 3.52. The molecule has 3 rings (SSSR count). The molecule has 166 valence electrons. The van der Waals surface area contributed by atoms with Gasteiger partial charge in [0.1, 0.15) is 11.5 Å². The van der Waals surface area contributed by atoms with Gasteiger partial charge >= 0.3 is 0 Å². The third kappa shape index (κ3) is 6.54. The van der Waals surface area contributed by atoms with E-state index in [-0.39, 0.29) is 18.6 Å². The van der Waals surface area contributed by atoms with Crippen LogP contribution in [0.25, 0.3) is 10.9 Å². The second kappa shape index (κ2) is 10.9. The van der Waals surface area contributed by atoms with E-state index >= 15 is 0 Å². The highest BCUT2D eigenvalue weighted by atomic mass is 16.3. The first kappa shape index (κ1) is 22.8. The normalized spacial score (nSPS) is 13.4. The average Bonchev–Trinajstić information content (AvgIpc) is 3.21. The molecule has 1 amide bonds. The molecule has 0 spiro atoms. The van der Waals surface area contributed by atoms with Gasteiger partial charge in [-0.05, 0) is 49.4 Å². The van der Waals surface area contributed by atoms with Crippen molar-refractivity contribution in [2.45, 2.75) is 32.7 Å². The molecule has 0 aliphatic heterocycles. The van der Waals surface area contributed by atoms with Gasteiger partial charge in [-0.25, -0.2) is 4.98 Å². The number of nitrogens with one attached hydrogen (secondary N) is 2. The summed E-state index contributed by atoms with van der Waals surface area (Å²) in [5.41, 5.74) is 8.33. The molecule has 1 unspecified atom stereocenters. The topological polar surface area (TPSA) is 107 Å². The smallest absolute Gasteiger partial charge is 0.267 e. The van der Waals surface area contributed by atoms with Gasteiger partial charge in [0, 0.05) is 42.8 Å². The monoisotopic (exact) mass is 423 g/mol. The molecule has 7 heteroatoms. The quantitative estimate of drug-likeness (QED) is 0.379. The third-order valence-electron chi connectivity index (χ3n) is 5.67. The van der Waals surface area contributed by atoms with E-state index in [4.69, 9.17) is 5.73 Å². The molecule has 31 heavy (non-hydrogen) atoms. The second-order valence-corrected chi connectivity index (χ2v) is 8.29. The number of rotatable bonds is 11. The number of benzene rings is 1. The standard InChI is InChI=1S/C24H33N5O2/c1-17(9-11-26-24(31)22-13-20-5-3-4-6-21(20)28-22)15-29(18(2)16-30)12-10-19-7-8-23(25)27-14-19/h3-8,13-14,17-18,28,30H,9-12,15-16H2,1-2H3,(H2,25,27)(H,26,31)/t17?,18-/m0/s1. The number of nitrogen functional groups attached to an aromatic ring is 1. The number of aliphatic hydroxyl groups excluding tert-OH is 1. The van der Waals surface area contributed by atoms with E-state index in [0.29, 0.717) is 24.0 Å². The van der Waals surface area contributed by atoms with Crippen LogP contribution in [0.4, 0.5) is 5.82 Å². The van der Waals surface area contributed by atoms with E-state index in [1.165, 1.54) is 0 Å². The highest BCUT2D eigenvalue weighted by molar-refractivity contribution is 5.97. The summed E-state index contributed by atoms with van der Waals surface area (Å²) in [6, 6.07) is 13.6. The first-order valence-corrected chi connectivity index (χ1v) is 10.9. The highest BCUT2D eigenvalue weighted by Gasteiger charge is 2.17. The van der Waals surface area contributed by atoms with Crippen LogP contribution in [0.15, 0.2) is 48.7 Å². The van der Waals surface area contributed by atoms with Crippen molar-refractivity contribution in [1.82, 2.24) is 20.2 Å². The fourth-order valence-electron chi connectivity index (χ4n) is 3.68. The molecule has 7 nitrogen and oxygen atoms in total. The van der Waals surface area contributed by atoms with E-state index in [1.54, 1.807) is 6.20 Å². The van der Waals surface area contributed by atoms with Gasteiger partial charge in [-0.2, -0.15) is 0 Å². The van der Waals surface area contributed by atoms with E-state index in [1.807, 2.05) is 49.4 Å². The Morgan fingerprint density at radius 2 is 2.06 bits per heavy atom. The SMILES string of the molecule is CC(CCNC(=O)c1cc2ccccc2[nH]1)CN(CCc1ccc(N)nc1)[C@@H](C)CO. The number of aliphatic hydroxyl groups is 1. The van der Waals surface area contributed by atoms with Crippen LogP contribution in [0.3, 0.4) is 0 Å². The van der Waals surface area contributed by atoms with Crippen molar-refractivity contribution in [2.75, 3.05) is 32.0 Å². The van der Waals surface area contributed by atoms with Crippen LogP contribution in [0.5, 0.6) is 0 Å². The Kier molecular flexibility index (Phi) is 8.03. The number of amides is 1. The summed E-state index contributed by atoms with van der Waals surface area (Å²) in [7, 11) is 0. The fourth-order valence-corrected chi connectivity index (χ4v) is 3.68. The number of aromatic amines is 1. The first-order chi connectivity index (χ1) is 15.0. The summed E-state index contributed by atoms with van der Waals surface area (Å²) < 4.78 is 0. The lowest BCUT2D eigenvalue weighted by atomic mass is 10.1. The van der Waals surface area contributed by atoms with E-state index in [0.717, 1.165) is 42.4 Å². The van der Waals surface area contributed by atoms with Crippen molar-refractivity contribution in [3.63, 3.8) is 0 Å². The lowest BCUT2D eigenvalue weighted by Gasteiger charge is -2.30. The van der Waals surface area contributed by atoms with Gasteiger partial charge in [-0.15, -0.1) is 0 Å². The van der Waals surface area contributed by atoms with Gasteiger partial charge in [-0.1, -0.05) is 31.2 Å². The Balaban J connectivity index is 1.46. The Hall–Kier alpha value is -2.90. The van der Waals surface area contributed by atoms with Gasteiger partial charge in [0.25, 0.3) is 5.91 Å². The summed E-state index contributed by atoms with van der Waals surface area (Å²) in [4.78, 5) is 22.1. The minimum atomic E-state index is -0.0835. The molecule has 3 aromatic rings. The molecule has 0 fully saturated rings. The van der Waals surface area contributed by atoms with E-state index in [9.17, 15) is 9.90 Å². The Labute approximate surface area is 183 Å². The molecule has 5 N–H and O–H groups in total. The van der Waals surface area contributed by atoms with Crippen LogP contribution in [0, 0.1) is 5.92 Å². The van der Waals surface area contributed by atoms with Crippen molar-refractivity contribution in [2.24, 2.45) is 5.92 Å². The van der Waals surface area contributed by atoms with Crippen LogP contribution in [-0.4, -0.2) is 58.2 Å². The van der Waals surface area contributed by atoms with Crippen molar-refractivity contribution >= 4 is 22.6 Å². The molecule has 0 aliphatic carbocycles. The number of nitrogens with two attached hydrogens (primary N) is 1. The summed E-state index contributed by atoms with van der Waals surface area (Å²) >= 11 is 0. The maximum absolute atomic E-state index is 12.5. The van der Waals surface area contributed by atoms with Gasteiger partial charge < -0.3 is 21.1 Å². The number of aromatic nitrogens is 2. The van der Waals surface area contributed by atoms with Crippen LogP contribution < -0.4 is 11.1 Å². The van der Waals surface area contributed by atoms with Gasteiger partial charge in [0.2, 0.25) is 0 Å². The highest BCUT2D eigenvalue weighted by Crippen LogP contribution is 2.15. The Morgan fingerprint density at radius 3 is 2.77 bits per heavy atom. The van der Waals surface area contributed by atoms with Crippen LogP contribution in [0.2, 0.25) is 0 Å². The summed E-state index contributed by atoms with van der Waals surface area (Å²) in [5, 5.41) is 13.7. The molecular weight excluding hydrogens is 390 g/mol. The zero-order valence-electron chi connectivity index (χ0n) is 18.3. The van der Waals surface area contributed by atoms with Gasteiger partial charge in [-0.3, -0.25) is 9.69 Å². The molecule has 0 radical (unpaired) electrons. The average molecular weight is 424 g/mol. The number of hydrogen-bond acceptors (Lipinski definition) is 5. The van der Waals surface area contributed by atoms with Crippen LogP contribution in [0.1, 0.15) is 36.3 Å². The van der Waals surface area contributed by atoms with Crippen molar-refractivity contribution < 1.29 is 9.90 Å². The van der Waals surface area contributed by atoms with Crippen molar-refractivity contribution in [3.8, 4) is 0 Å². The predicted molar refractivity (Wildman–Crippen MR) is 125 cm³/mol. The number of fused-ring (bicyclic) bond motifs is 1. The summed E-state index contributed by atoms with van der Waals surface area (Å²) in [5.74, 6) is 0.814. The van der Waals surface area contributed by atoms with Crippen molar-refractivity contribution in [3.05, 3.63) is 59.9 Å². The Bertz CT molecular complexity index is 937. The maximum atomic E-state index is 12.5. The Morgan fingerprint density at radius 1 is 1.26 bits per heavy atom. The van der Waals surface area contributed by atoms with Crippen LogP contribution in [-0.2, 0) is 6.42 Å². The van der Waals surface area contributed by atoms with Gasteiger partial charge in [0.15, 0.2) is 0 Å². The molecule has 0 saturated heterocycles. The molecule has 0 aliphatic rings. The lowest BCUT2D eigenvalue weighted by Crippen LogP contribution is -2.40. The minimum absolute atomic E-state index is 0.0742. The largest absolute Gasteiger partial charge is 0.395 e. The lowest BCUT2D eigenvalue weighted by molar-refractivity contribution is 0.0942. The number of hydrogen-bond donors (Lipinski definition) is 4. The maximum Gasteiger partial charge on any atom is 0.267 e. The minimum Gasteiger partial charge on any atom is -0.395 e. The number of pyridine rings is 1. The number of para-hydroxylation sites is 1.